The molecule has 1 saturated carbocycles. The Morgan fingerprint density at radius 1 is 0.737 bits per heavy atom. The average molecular weight is 915 g/mol. The van der Waals surface area contributed by atoms with Crippen molar-refractivity contribution in [2.45, 2.75) is 41.9 Å². The third-order valence-corrected chi connectivity index (χ3v) is 24.8. The van der Waals surface area contributed by atoms with Gasteiger partial charge in [0, 0.05) is 0 Å². The zero-order valence-electron chi connectivity index (χ0n) is 9.27. The Labute approximate surface area is 197 Å². The predicted molar refractivity (Wildman–Crippen MR) is 122 cm³/mol. The van der Waals surface area contributed by atoms with E-state index in [0.717, 1.165) is 12.8 Å². The maximum atomic E-state index is 3.94. The summed E-state index contributed by atoms with van der Waals surface area (Å²) in [6.07, 6.45) is 1.99. The smallest absolute Gasteiger partial charge is 0.0849 e. The maximum absolute atomic E-state index is 3.94. The molecule has 1 rings (SSSR count). The second-order valence-electron chi connectivity index (χ2n) is 4.32. The third-order valence-electron chi connectivity index (χ3n) is 3.06. The molecule has 0 saturated heterocycles. The molecule has 0 heterocycles. The van der Waals surface area contributed by atoms with Gasteiger partial charge in [0.05, 0.1) is 9.15 Å². The van der Waals surface area contributed by atoms with E-state index < -0.39 is 12.9 Å². The highest BCUT2D eigenvalue weighted by Crippen LogP contribution is 2.77. The van der Waals surface area contributed by atoms with Crippen molar-refractivity contribution in [3.63, 3.8) is 0 Å². The normalized spacial score (nSPS) is 39.0. The highest BCUT2D eigenvalue weighted by molar-refractivity contribution is 9.35. The Morgan fingerprint density at radius 3 is 1.53 bits per heavy atom. The van der Waals surface area contributed by atoms with Gasteiger partial charge in [0.15, 0.2) is 0 Å². The molecule has 0 amide bonds. The summed E-state index contributed by atoms with van der Waals surface area (Å²) in [7, 11) is 0. The van der Waals surface area contributed by atoms with Crippen LogP contribution >= 0.6 is 159 Å². The van der Waals surface area contributed by atoms with Crippen LogP contribution in [-0.4, -0.2) is 22.1 Å². The minimum atomic E-state index is -0.560. The molecule has 0 N–H and O–H groups in total. The van der Waals surface area contributed by atoms with Crippen LogP contribution < -0.4 is 0 Å². The van der Waals surface area contributed by atoms with Crippen LogP contribution in [-0.2, 0) is 0 Å². The summed E-state index contributed by atoms with van der Waals surface area (Å²) in [4.78, 5) is 0.0492. The van der Waals surface area contributed by atoms with E-state index in [0.29, 0.717) is 0 Å². The van der Waals surface area contributed by atoms with E-state index in [1.54, 1.807) is 0 Å². The standard InChI is InChI=1S/C9H8Br10/c1-2-3-5(11)4(10)6(12,13)8(16,17)9(18,19)7(5,14)15/h4H,2-3H2,1H3. The van der Waals surface area contributed by atoms with Gasteiger partial charge in [0.1, 0.15) is 12.9 Å². The lowest BCUT2D eigenvalue weighted by atomic mass is 9.84. The van der Waals surface area contributed by atoms with Crippen molar-refractivity contribution in [3.05, 3.63) is 0 Å². The maximum Gasteiger partial charge on any atom is 0.134 e. The van der Waals surface area contributed by atoms with Crippen LogP contribution in [0.4, 0.5) is 0 Å². The topological polar surface area (TPSA) is 0 Å². The predicted octanol–water partition coefficient (Wildman–Crippen LogP) is 8.64. The molecule has 0 radical (unpaired) electrons. The van der Waals surface area contributed by atoms with Crippen LogP contribution in [0, 0.1) is 0 Å². The number of rotatable bonds is 2. The van der Waals surface area contributed by atoms with E-state index in [1.807, 2.05) is 0 Å². The lowest BCUT2D eigenvalue weighted by Crippen LogP contribution is -2.74. The molecule has 0 spiro atoms. The highest BCUT2D eigenvalue weighted by atomic mass is 79.9. The molecule has 19 heavy (non-hydrogen) atoms. The number of halogens is 10. The molecule has 2 atom stereocenters. The zero-order chi connectivity index (χ0) is 15.5. The summed E-state index contributed by atoms with van der Waals surface area (Å²) < 4.78 is -2.34. The molecule has 0 aliphatic heterocycles. The van der Waals surface area contributed by atoms with Gasteiger partial charge in [-0.2, -0.15) is 0 Å². The van der Waals surface area contributed by atoms with Gasteiger partial charge in [0.2, 0.25) is 0 Å². The Morgan fingerprint density at radius 2 is 1.16 bits per heavy atom. The van der Waals surface area contributed by atoms with Gasteiger partial charge in [0.25, 0.3) is 0 Å². The fraction of sp³-hybridized carbons (Fsp3) is 1.00. The first-order valence-corrected chi connectivity index (χ1v) is 13.1. The molecule has 1 aliphatic carbocycles. The molecule has 0 aromatic rings. The van der Waals surface area contributed by atoms with Gasteiger partial charge >= 0.3 is 0 Å². The minimum Gasteiger partial charge on any atom is -0.0849 e. The van der Waals surface area contributed by atoms with Crippen LogP contribution in [0.25, 0.3) is 0 Å². The van der Waals surface area contributed by atoms with Crippen LogP contribution in [0.15, 0.2) is 0 Å². The molecule has 0 aromatic heterocycles. The summed E-state index contributed by atoms with van der Waals surface area (Å²) in [6.45, 7) is 2.16. The van der Waals surface area contributed by atoms with Crippen LogP contribution in [0.1, 0.15) is 19.8 Å². The summed E-state index contributed by atoms with van der Waals surface area (Å²) in [5, 5.41) is 0. The fourth-order valence-corrected chi connectivity index (χ4v) is 13.6. The fourth-order valence-electron chi connectivity index (χ4n) is 1.92. The van der Waals surface area contributed by atoms with E-state index in [4.69, 9.17) is 0 Å². The van der Waals surface area contributed by atoms with Gasteiger partial charge in [-0.05, 0) is 6.42 Å². The average Bonchev–Trinajstić information content (AvgIpc) is 2.25. The summed E-state index contributed by atoms with van der Waals surface area (Å²) in [5.74, 6) is 0. The molecule has 0 nitrogen and oxygen atoms in total. The van der Waals surface area contributed by atoms with Crippen molar-refractivity contribution >= 4 is 159 Å². The van der Waals surface area contributed by atoms with Crippen molar-refractivity contribution in [2.24, 2.45) is 0 Å². The van der Waals surface area contributed by atoms with Crippen molar-refractivity contribution in [2.75, 3.05) is 0 Å². The quantitative estimate of drug-likeness (QED) is 0.244. The summed E-state index contributed by atoms with van der Waals surface area (Å²) >= 11 is 38.2. The SMILES string of the molecule is CCCC1(Br)C(Br)C(Br)(Br)C(Br)(Br)C(Br)(Br)C1(Br)Br. The monoisotopic (exact) mass is 905 g/mol. The van der Waals surface area contributed by atoms with E-state index >= 15 is 0 Å². The van der Waals surface area contributed by atoms with Gasteiger partial charge in [-0.15, -0.1) is 0 Å². The van der Waals surface area contributed by atoms with Crippen LogP contribution in [0.2, 0.25) is 0 Å². The van der Waals surface area contributed by atoms with E-state index in [-0.39, 0.29) is 9.15 Å². The molecule has 114 valence electrons. The molecule has 0 aromatic carbocycles. The van der Waals surface area contributed by atoms with Gasteiger partial charge in [-0.25, -0.2) is 0 Å². The van der Waals surface area contributed by atoms with Crippen LogP contribution in [0.5, 0.6) is 0 Å². The second-order valence-corrected chi connectivity index (χ2v) is 20.5. The first kappa shape index (κ1) is 21.8. The van der Waals surface area contributed by atoms with Gasteiger partial charge in [-0.1, -0.05) is 173 Å². The van der Waals surface area contributed by atoms with E-state index in [2.05, 4.69) is 166 Å². The molecule has 1 aliphatic rings. The van der Waals surface area contributed by atoms with Crippen LogP contribution in [0.3, 0.4) is 0 Å². The first-order chi connectivity index (χ1) is 8.22. The Kier molecular flexibility index (Phi) is 7.86. The van der Waals surface area contributed by atoms with Crippen molar-refractivity contribution in [3.8, 4) is 0 Å². The molecular formula is C9H8Br10. The second kappa shape index (κ2) is 6.84. The molecule has 2 unspecified atom stereocenters. The number of alkyl halides is 10. The Balaban J connectivity index is 3.57. The van der Waals surface area contributed by atoms with Crippen molar-refractivity contribution in [1.29, 1.82) is 0 Å². The molecule has 0 bridgehead atoms. The highest BCUT2D eigenvalue weighted by Gasteiger charge is 2.78. The van der Waals surface area contributed by atoms with E-state index in [9.17, 15) is 0 Å². The van der Waals surface area contributed by atoms with Crippen molar-refractivity contribution < 1.29 is 0 Å². The molecule has 10 heteroatoms. The summed E-state index contributed by atoms with van der Waals surface area (Å²) in [6, 6.07) is 0. The van der Waals surface area contributed by atoms with Gasteiger partial charge in [-0.3, -0.25) is 0 Å². The molecular weight excluding hydrogens is 907 g/mol. The Hall–Kier alpha value is 4.80. The first-order valence-electron chi connectivity index (χ1n) is 5.06. The summed E-state index contributed by atoms with van der Waals surface area (Å²) in [5.41, 5.74) is 0. The molecule has 1 fully saturated rings. The number of hydrogen-bond donors (Lipinski definition) is 0. The lowest BCUT2D eigenvalue weighted by molar-refractivity contribution is 0.396. The minimum absolute atomic E-state index is 0.0492. The third kappa shape index (κ3) is 3.06. The largest absolute Gasteiger partial charge is 0.134 e. The lowest BCUT2D eigenvalue weighted by Gasteiger charge is -2.63. The number of hydrogen-bond acceptors (Lipinski definition) is 0. The Bertz CT molecular complexity index is 362. The van der Waals surface area contributed by atoms with Gasteiger partial charge < -0.3 is 0 Å². The van der Waals surface area contributed by atoms with Crippen molar-refractivity contribution in [1.82, 2.24) is 0 Å². The van der Waals surface area contributed by atoms with E-state index in [1.165, 1.54) is 0 Å². The zero-order valence-corrected chi connectivity index (χ0v) is 25.1.